The average Bonchev–Trinajstić information content (AvgIpc) is 2.71. The van der Waals surface area contributed by atoms with Crippen LogP contribution in [0.2, 0.25) is 0 Å². The number of nitrogens with zero attached hydrogens (tertiary/aromatic N) is 2. The van der Waals surface area contributed by atoms with Crippen LogP contribution in [0.3, 0.4) is 0 Å². The zero-order chi connectivity index (χ0) is 20.1. The van der Waals surface area contributed by atoms with Crippen LogP contribution in [-0.2, 0) is 16.0 Å². The van der Waals surface area contributed by atoms with Crippen LogP contribution in [0.1, 0.15) is 18.9 Å². The van der Waals surface area contributed by atoms with E-state index in [-0.39, 0.29) is 30.5 Å². The van der Waals surface area contributed by atoms with Gasteiger partial charge in [0.2, 0.25) is 5.91 Å². The standard InChI is InChI=1S/C20H21N3O5/c1-2-11-21-20(25)18-13-22(16-5-3-4-6-17(16)28-18)19(24)12-14-7-9-15(10-8-14)23(26)27/h3-10,18H,2,11-13H2,1H3,(H,21,25)/t18-/m1/s1. The van der Waals surface area contributed by atoms with Crippen LogP contribution in [0, 0.1) is 10.1 Å². The van der Waals surface area contributed by atoms with Crippen molar-refractivity contribution in [2.24, 2.45) is 0 Å². The molecule has 8 nitrogen and oxygen atoms in total. The average molecular weight is 383 g/mol. The van der Waals surface area contributed by atoms with E-state index in [1.165, 1.54) is 17.0 Å². The second kappa shape index (κ2) is 8.51. The highest BCUT2D eigenvalue weighted by Gasteiger charge is 2.33. The summed E-state index contributed by atoms with van der Waals surface area (Å²) in [5.41, 5.74) is 1.24. The number of non-ortho nitro benzene ring substituents is 1. The summed E-state index contributed by atoms with van der Waals surface area (Å²) in [5, 5.41) is 13.6. The molecule has 1 N–H and O–H groups in total. The van der Waals surface area contributed by atoms with Gasteiger partial charge in [-0.05, 0) is 24.1 Å². The number of anilines is 1. The molecule has 2 aromatic rings. The Bertz CT molecular complexity index is 882. The summed E-state index contributed by atoms with van der Waals surface area (Å²) in [5.74, 6) is 0.00447. The number of fused-ring (bicyclic) bond motifs is 1. The van der Waals surface area contributed by atoms with Crippen molar-refractivity contribution < 1.29 is 19.2 Å². The van der Waals surface area contributed by atoms with Crippen LogP contribution in [0.25, 0.3) is 0 Å². The number of benzene rings is 2. The van der Waals surface area contributed by atoms with Gasteiger partial charge < -0.3 is 15.0 Å². The summed E-state index contributed by atoms with van der Waals surface area (Å²) >= 11 is 0. The molecule has 0 saturated heterocycles. The Morgan fingerprint density at radius 3 is 2.61 bits per heavy atom. The lowest BCUT2D eigenvalue weighted by atomic mass is 10.1. The first-order valence-corrected chi connectivity index (χ1v) is 9.06. The molecule has 0 bridgehead atoms. The molecule has 0 radical (unpaired) electrons. The number of ether oxygens (including phenoxy) is 1. The summed E-state index contributed by atoms with van der Waals surface area (Å²) in [7, 11) is 0. The minimum Gasteiger partial charge on any atom is -0.477 e. The Balaban J connectivity index is 1.79. The van der Waals surface area contributed by atoms with Gasteiger partial charge in [0.15, 0.2) is 6.10 Å². The Morgan fingerprint density at radius 2 is 1.93 bits per heavy atom. The fraction of sp³-hybridized carbons (Fsp3) is 0.300. The largest absolute Gasteiger partial charge is 0.477 e. The summed E-state index contributed by atoms with van der Waals surface area (Å²) in [6.07, 6.45) is 0.0789. The molecular formula is C20H21N3O5. The molecule has 1 atom stereocenters. The number of carbonyl (C=O) groups excluding carboxylic acids is 2. The van der Waals surface area contributed by atoms with E-state index in [1.54, 1.807) is 36.4 Å². The van der Waals surface area contributed by atoms with Gasteiger partial charge >= 0.3 is 0 Å². The van der Waals surface area contributed by atoms with Gasteiger partial charge in [0.05, 0.1) is 23.6 Å². The zero-order valence-electron chi connectivity index (χ0n) is 15.5. The summed E-state index contributed by atoms with van der Waals surface area (Å²) in [6.45, 7) is 2.60. The van der Waals surface area contributed by atoms with E-state index in [9.17, 15) is 19.7 Å². The van der Waals surface area contributed by atoms with Gasteiger partial charge in [-0.15, -0.1) is 0 Å². The monoisotopic (exact) mass is 383 g/mol. The summed E-state index contributed by atoms with van der Waals surface area (Å²) < 4.78 is 5.78. The summed E-state index contributed by atoms with van der Waals surface area (Å²) in [4.78, 5) is 37.1. The molecule has 3 rings (SSSR count). The lowest BCUT2D eigenvalue weighted by Gasteiger charge is -2.34. The fourth-order valence-electron chi connectivity index (χ4n) is 2.97. The molecule has 2 aromatic carbocycles. The van der Waals surface area contributed by atoms with E-state index < -0.39 is 11.0 Å². The number of nitro groups is 1. The Labute approximate surface area is 162 Å². The molecule has 0 saturated carbocycles. The van der Waals surface area contributed by atoms with Crippen molar-refractivity contribution in [1.82, 2.24) is 5.32 Å². The summed E-state index contributed by atoms with van der Waals surface area (Å²) in [6, 6.07) is 12.9. The number of amides is 2. The second-order valence-corrected chi connectivity index (χ2v) is 6.47. The topological polar surface area (TPSA) is 102 Å². The third-order valence-corrected chi connectivity index (χ3v) is 4.42. The van der Waals surface area contributed by atoms with Crippen molar-refractivity contribution in [2.75, 3.05) is 18.0 Å². The lowest BCUT2D eigenvalue weighted by molar-refractivity contribution is -0.384. The van der Waals surface area contributed by atoms with Gasteiger partial charge in [0.25, 0.3) is 11.6 Å². The van der Waals surface area contributed by atoms with Gasteiger partial charge in [-0.1, -0.05) is 31.2 Å². The van der Waals surface area contributed by atoms with E-state index in [0.717, 1.165) is 6.42 Å². The smallest absolute Gasteiger partial charge is 0.269 e. The molecule has 2 amide bonds. The molecule has 28 heavy (non-hydrogen) atoms. The van der Waals surface area contributed by atoms with Crippen molar-refractivity contribution in [2.45, 2.75) is 25.9 Å². The van der Waals surface area contributed by atoms with Crippen molar-refractivity contribution >= 4 is 23.2 Å². The minimum atomic E-state index is -0.790. The molecule has 0 aliphatic carbocycles. The molecule has 1 heterocycles. The van der Waals surface area contributed by atoms with Gasteiger partial charge in [-0.2, -0.15) is 0 Å². The van der Waals surface area contributed by atoms with Crippen molar-refractivity contribution in [3.63, 3.8) is 0 Å². The highest BCUT2D eigenvalue weighted by Crippen LogP contribution is 2.33. The Morgan fingerprint density at radius 1 is 1.21 bits per heavy atom. The van der Waals surface area contributed by atoms with E-state index in [0.29, 0.717) is 23.5 Å². The molecule has 0 unspecified atom stereocenters. The highest BCUT2D eigenvalue weighted by atomic mass is 16.6. The van der Waals surface area contributed by atoms with Gasteiger partial charge in [0, 0.05) is 18.7 Å². The third kappa shape index (κ3) is 4.28. The molecular weight excluding hydrogens is 362 g/mol. The minimum absolute atomic E-state index is 0.0272. The number of rotatable bonds is 6. The Hall–Kier alpha value is -3.42. The van der Waals surface area contributed by atoms with Crippen LogP contribution in [0.5, 0.6) is 5.75 Å². The predicted octanol–water partition coefficient (Wildman–Crippen LogP) is 2.46. The lowest BCUT2D eigenvalue weighted by Crippen LogP contribution is -2.51. The molecule has 1 aliphatic heterocycles. The Kier molecular flexibility index (Phi) is 5.88. The zero-order valence-corrected chi connectivity index (χ0v) is 15.5. The van der Waals surface area contributed by atoms with Gasteiger partial charge in [-0.3, -0.25) is 19.7 Å². The van der Waals surface area contributed by atoms with E-state index in [1.807, 2.05) is 6.92 Å². The molecule has 1 aliphatic rings. The number of para-hydroxylation sites is 2. The van der Waals surface area contributed by atoms with E-state index in [2.05, 4.69) is 5.32 Å². The normalized spacial score (nSPS) is 15.3. The second-order valence-electron chi connectivity index (χ2n) is 6.47. The quantitative estimate of drug-likeness (QED) is 0.610. The van der Waals surface area contributed by atoms with E-state index >= 15 is 0 Å². The van der Waals surface area contributed by atoms with Crippen molar-refractivity contribution in [1.29, 1.82) is 0 Å². The van der Waals surface area contributed by atoms with Crippen LogP contribution < -0.4 is 15.0 Å². The maximum absolute atomic E-state index is 12.9. The van der Waals surface area contributed by atoms with Gasteiger partial charge in [-0.25, -0.2) is 0 Å². The van der Waals surface area contributed by atoms with Crippen LogP contribution in [0.4, 0.5) is 11.4 Å². The predicted molar refractivity (Wildman–Crippen MR) is 103 cm³/mol. The molecule has 8 heteroatoms. The first kappa shape index (κ1) is 19.3. The van der Waals surface area contributed by atoms with E-state index in [4.69, 9.17) is 4.74 Å². The number of hydrogen-bond donors (Lipinski definition) is 1. The number of carbonyl (C=O) groups is 2. The fourth-order valence-corrected chi connectivity index (χ4v) is 2.97. The number of nitrogens with one attached hydrogen (secondary N) is 1. The van der Waals surface area contributed by atoms with Crippen LogP contribution >= 0.6 is 0 Å². The van der Waals surface area contributed by atoms with Crippen molar-refractivity contribution in [3.05, 3.63) is 64.2 Å². The van der Waals surface area contributed by atoms with Crippen LogP contribution in [-0.4, -0.2) is 35.9 Å². The maximum Gasteiger partial charge on any atom is 0.269 e. The SMILES string of the molecule is CCCNC(=O)[C@H]1CN(C(=O)Cc2ccc([N+](=O)[O-])cc2)c2ccccc2O1. The molecule has 0 spiro atoms. The first-order valence-electron chi connectivity index (χ1n) is 9.06. The van der Waals surface area contributed by atoms with Crippen LogP contribution in [0.15, 0.2) is 48.5 Å². The number of nitro benzene ring substituents is 1. The third-order valence-electron chi connectivity index (χ3n) is 4.42. The maximum atomic E-state index is 12.9. The molecule has 0 aromatic heterocycles. The van der Waals surface area contributed by atoms with Crippen molar-refractivity contribution in [3.8, 4) is 5.75 Å². The first-order chi connectivity index (χ1) is 13.5. The molecule has 146 valence electrons. The van der Waals surface area contributed by atoms with Gasteiger partial charge in [0.1, 0.15) is 5.75 Å². The highest BCUT2D eigenvalue weighted by molar-refractivity contribution is 5.98. The number of hydrogen-bond acceptors (Lipinski definition) is 5. The molecule has 0 fully saturated rings.